The molecule has 1 atom stereocenters. The lowest BCUT2D eigenvalue weighted by Gasteiger charge is -2.04. The van der Waals surface area contributed by atoms with Gasteiger partial charge in [0.2, 0.25) is 0 Å². The number of aromatic nitrogens is 1. The van der Waals surface area contributed by atoms with Crippen LogP contribution in [-0.4, -0.2) is 4.98 Å². The maximum Gasteiger partial charge on any atom is 0.0656 e. The molecule has 0 saturated carbocycles. The minimum absolute atomic E-state index is 0.0543. The van der Waals surface area contributed by atoms with Crippen LogP contribution in [0.4, 0.5) is 0 Å². The van der Waals surface area contributed by atoms with Crippen LogP contribution in [0, 0.1) is 24.2 Å². The molecule has 0 fully saturated rings. The van der Waals surface area contributed by atoms with Crippen LogP contribution < -0.4 is 0 Å². The van der Waals surface area contributed by atoms with Crippen LogP contribution in [0.25, 0.3) is 0 Å². The van der Waals surface area contributed by atoms with Gasteiger partial charge in [0.05, 0.1) is 6.07 Å². The number of hydrogen-bond acceptors (Lipinski definition) is 2. The Kier molecular flexibility index (Phi) is 2.82. The molecular weight excluding hydrogens is 148 g/mol. The number of rotatable bonds is 2. The lowest BCUT2D eigenvalue weighted by atomic mass is 10.0. The number of nitrogens with zero attached hydrogens (tertiary/aromatic N) is 2. The summed E-state index contributed by atoms with van der Waals surface area (Å²) >= 11 is 0. The first-order valence-corrected chi connectivity index (χ1v) is 4.04. The van der Waals surface area contributed by atoms with Crippen LogP contribution in [-0.2, 0) is 6.42 Å². The molecule has 12 heavy (non-hydrogen) atoms. The fraction of sp³-hybridized carbons (Fsp3) is 0.400. The highest BCUT2D eigenvalue weighted by Crippen LogP contribution is 2.08. The van der Waals surface area contributed by atoms with Crippen LogP contribution in [0.3, 0.4) is 0 Å². The van der Waals surface area contributed by atoms with Gasteiger partial charge in [0.15, 0.2) is 0 Å². The Morgan fingerprint density at radius 3 is 3.00 bits per heavy atom. The summed E-state index contributed by atoms with van der Waals surface area (Å²) in [5.74, 6) is 0.0543. The number of aryl methyl sites for hydroxylation is 1. The van der Waals surface area contributed by atoms with E-state index in [1.165, 1.54) is 5.56 Å². The van der Waals surface area contributed by atoms with E-state index in [0.29, 0.717) is 0 Å². The van der Waals surface area contributed by atoms with Crippen molar-refractivity contribution in [3.8, 4) is 6.07 Å². The summed E-state index contributed by atoms with van der Waals surface area (Å²) in [7, 11) is 0. The summed E-state index contributed by atoms with van der Waals surface area (Å²) in [5, 5.41) is 8.61. The third-order valence-electron chi connectivity index (χ3n) is 1.84. The molecule has 2 nitrogen and oxygen atoms in total. The zero-order valence-electron chi connectivity index (χ0n) is 7.41. The van der Waals surface area contributed by atoms with E-state index >= 15 is 0 Å². The van der Waals surface area contributed by atoms with Gasteiger partial charge in [-0.2, -0.15) is 5.26 Å². The van der Waals surface area contributed by atoms with Crippen molar-refractivity contribution in [3.05, 3.63) is 29.6 Å². The fourth-order valence-electron chi connectivity index (χ4n) is 1.07. The topological polar surface area (TPSA) is 36.7 Å². The first-order chi connectivity index (χ1) is 5.74. The third kappa shape index (κ3) is 2.06. The second-order valence-corrected chi connectivity index (χ2v) is 3.00. The molecule has 1 heterocycles. The summed E-state index contributed by atoms with van der Waals surface area (Å²) in [4.78, 5) is 4.22. The van der Waals surface area contributed by atoms with Gasteiger partial charge in [-0.3, -0.25) is 4.98 Å². The van der Waals surface area contributed by atoms with Crippen LogP contribution >= 0.6 is 0 Å². The van der Waals surface area contributed by atoms with Gasteiger partial charge in [-0.25, -0.2) is 0 Å². The average molecular weight is 160 g/mol. The Morgan fingerprint density at radius 2 is 2.42 bits per heavy atom. The monoisotopic (exact) mass is 160 g/mol. The predicted octanol–water partition coefficient (Wildman–Crippen LogP) is 2.09. The molecule has 1 aromatic heterocycles. The number of nitriles is 1. The van der Waals surface area contributed by atoms with E-state index in [1.54, 1.807) is 6.20 Å². The summed E-state index contributed by atoms with van der Waals surface area (Å²) in [5.41, 5.74) is 2.20. The maximum atomic E-state index is 8.61. The molecule has 0 amide bonds. The SMILES string of the molecule is Cc1cccnc1CC(C)C#N. The van der Waals surface area contributed by atoms with Crippen LogP contribution in [0.2, 0.25) is 0 Å². The highest BCUT2D eigenvalue weighted by atomic mass is 14.7. The van der Waals surface area contributed by atoms with Gasteiger partial charge in [0, 0.05) is 24.2 Å². The Labute approximate surface area is 72.9 Å². The van der Waals surface area contributed by atoms with Crippen molar-refractivity contribution in [3.63, 3.8) is 0 Å². The zero-order valence-corrected chi connectivity index (χ0v) is 7.41. The van der Waals surface area contributed by atoms with Crippen LogP contribution in [0.1, 0.15) is 18.2 Å². The summed E-state index contributed by atoms with van der Waals surface area (Å²) in [6, 6.07) is 6.13. The Bertz CT molecular complexity index is 299. The van der Waals surface area contributed by atoms with Gasteiger partial charge >= 0.3 is 0 Å². The van der Waals surface area contributed by atoms with E-state index in [4.69, 9.17) is 5.26 Å². The smallest absolute Gasteiger partial charge is 0.0656 e. The quantitative estimate of drug-likeness (QED) is 0.664. The summed E-state index contributed by atoms with van der Waals surface area (Å²) in [6.45, 7) is 3.93. The second-order valence-electron chi connectivity index (χ2n) is 3.00. The molecule has 0 spiro atoms. The highest BCUT2D eigenvalue weighted by Gasteiger charge is 2.04. The van der Waals surface area contributed by atoms with Gasteiger partial charge in [0.1, 0.15) is 0 Å². The van der Waals surface area contributed by atoms with Crippen LogP contribution in [0.5, 0.6) is 0 Å². The molecule has 1 aromatic rings. The van der Waals surface area contributed by atoms with Crippen molar-refractivity contribution in [2.45, 2.75) is 20.3 Å². The second kappa shape index (κ2) is 3.87. The lowest BCUT2D eigenvalue weighted by Crippen LogP contribution is -2.00. The Balaban J connectivity index is 2.77. The molecule has 2 heteroatoms. The van der Waals surface area contributed by atoms with Crippen molar-refractivity contribution in [1.82, 2.24) is 4.98 Å². The van der Waals surface area contributed by atoms with Crippen molar-refractivity contribution >= 4 is 0 Å². The van der Waals surface area contributed by atoms with E-state index < -0.39 is 0 Å². The Hall–Kier alpha value is -1.36. The molecule has 0 aliphatic rings. The van der Waals surface area contributed by atoms with Gasteiger partial charge in [0.25, 0.3) is 0 Å². The van der Waals surface area contributed by atoms with Gasteiger partial charge in [-0.05, 0) is 25.5 Å². The highest BCUT2D eigenvalue weighted by molar-refractivity contribution is 5.18. The van der Waals surface area contributed by atoms with Crippen molar-refractivity contribution in [1.29, 1.82) is 5.26 Å². The minimum atomic E-state index is 0.0543. The van der Waals surface area contributed by atoms with Gasteiger partial charge in [-0.1, -0.05) is 6.07 Å². The molecule has 0 N–H and O–H groups in total. The van der Waals surface area contributed by atoms with Gasteiger partial charge < -0.3 is 0 Å². The van der Waals surface area contributed by atoms with E-state index in [1.807, 2.05) is 26.0 Å². The molecule has 0 radical (unpaired) electrons. The average Bonchev–Trinajstić information content (AvgIpc) is 2.09. The molecule has 1 rings (SSSR count). The zero-order chi connectivity index (χ0) is 8.97. The molecule has 0 bridgehead atoms. The molecule has 62 valence electrons. The lowest BCUT2D eigenvalue weighted by molar-refractivity contribution is 0.716. The number of hydrogen-bond donors (Lipinski definition) is 0. The molecule has 0 aliphatic heterocycles. The van der Waals surface area contributed by atoms with Crippen molar-refractivity contribution < 1.29 is 0 Å². The summed E-state index contributed by atoms with van der Waals surface area (Å²) < 4.78 is 0. The first kappa shape index (κ1) is 8.73. The van der Waals surface area contributed by atoms with Crippen molar-refractivity contribution in [2.24, 2.45) is 5.92 Å². The summed E-state index contributed by atoms with van der Waals surface area (Å²) in [6.07, 6.45) is 2.52. The van der Waals surface area contributed by atoms with E-state index in [9.17, 15) is 0 Å². The van der Waals surface area contributed by atoms with E-state index in [2.05, 4.69) is 11.1 Å². The fourth-order valence-corrected chi connectivity index (χ4v) is 1.07. The molecule has 0 aromatic carbocycles. The minimum Gasteiger partial charge on any atom is -0.261 e. The van der Waals surface area contributed by atoms with E-state index in [0.717, 1.165) is 12.1 Å². The first-order valence-electron chi connectivity index (χ1n) is 4.04. The largest absolute Gasteiger partial charge is 0.261 e. The Morgan fingerprint density at radius 1 is 1.67 bits per heavy atom. The number of pyridine rings is 1. The predicted molar refractivity (Wildman–Crippen MR) is 47.5 cm³/mol. The van der Waals surface area contributed by atoms with E-state index in [-0.39, 0.29) is 5.92 Å². The maximum absolute atomic E-state index is 8.61. The normalized spacial score (nSPS) is 12.1. The third-order valence-corrected chi connectivity index (χ3v) is 1.84. The van der Waals surface area contributed by atoms with Gasteiger partial charge in [-0.15, -0.1) is 0 Å². The molecule has 0 saturated heterocycles. The molecule has 1 unspecified atom stereocenters. The molecule has 0 aliphatic carbocycles. The standard InChI is InChI=1S/C10H12N2/c1-8(7-11)6-10-9(2)4-3-5-12-10/h3-5,8H,6H2,1-2H3. The van der Waals surface area contributed by atoms with Crippen molar-refractivity contribution in [2.75, 3.05) is 0 Å². The molecular formula is C10H12N2. The van der Waals surface area contributed by atoms with Crippen LogP contribution in [0.15, 0.2) is 18.3 Å².